The van der Waals surface area contributed by atoms with Crippen LogP contribution in [0.4, 0.5) is 0 Å². The van der Waals surface area contributed by atoms with Gasteiger partial charge in [-0.05, 0) is 12.8 Å². The highest BCUT2D eigenvalue weighted by atomic mass is 16.5. The molecule has 0 aromatic heterocycles. The highest BCUT2D eigenvalue weighted by Crippen LogP contribution is 2.30. The van der Waals surface area contributed by atoms with E-state index in [2.05, 4.69) is 13.8 Å². The van der Waals surface area contributed by atoms with Crippen molar-refractivity contribution in [3.63, 3.8) is 0 Å². The number of rotatable bonds is 7. The molecule has 0 atom stereocenters. The first-order chi connectivity index (χ1) is 8.18. The molecule has 3 heteroatoms. The first-order valence-corrected chi connectivity index (χ1v) is 6.93. The first kappa shape index (κ1) is 14.7. The molecule has 3 nitrogen and oxygen atoms in total. The van der Waals surface area contributed by atoms with Crippen molar-refractivity contribution in [3.05, 3.63) is 0 Å². The van der Waals surface area contributed by atoms with Crippen molar-refractivity contribution in [3.8, 4) is 0 Å². The van der Waals surface area contributed by atoms with Crippen LogP contribution in [0.2, 0.25) is 0 Å². The summed E-state index contributed by atoms with van der Waals surface area (Å²) in [5.74, 6) is 0.791. The molecule has 0 aromatic rings. The van der Waals surface area contributed by atoms with E-state index in [9.17, 15) is 4.79 Å². The molecule has 0 spiro atoms. The molecule has 1 fully saturated rings. The average molecular weight is 242 g/mol. The summed E-state index contributed by atoms with van der Waals surface area (Å²) in [6, 6.07) is 0. The number of carbonyl (C=O) groups is 1. The molecule has 1 heterocycles. The van der Waals surface area contributed by atoms with Gasteiger partial charge in [-0.3, -0.25) is 4.79 Å². The predicted molar refractivity (Wildman–Crippen MR) is 68.1 cm³/mol. The van der Waals surface area contributed by atoms with Crippen molar-refractivity contribution in [2.24, 2.45) is 5.92 Å². The van der Waals surface area contributed by atoms with Crippen molar-refractivity contribution in [2.45, 2.75) is 58.5 Å². The van der Waals surface area contributed by atoms with Crippen LogP contribution in [0, 0.1) is 5.92 Å². The molecular formula is C14H26O3. The molecule has 0 unspecified atom stereocenters. The lowest BCUT2D eigenvalue weighted by atomic mass is 9.83. The lowest BCUT2D eigenvalue weighted by Crippen LogP contribution is -2.47. The lowest BCUT2D eigenvalue weighted by molar-refractivity contribution is -0.158. The van der Waals surface area contributed by atoms with E-state index in [1.165, 1.54) is 0 Å². The molecule has 0 amide bonds. The summed E-state index contributed by atoms with van der Waals surface area (Å²) < 4.78 is 11.1. The van der Waals surface area contributed by atoms with Crippen LogP contribution in [0.5, 0.6) is 0 Å². The van der Waals surface area contributed by atoms with E-state index in [1.54, 1.807) is 0 Å². The summed E-state index contributed by atoms with van der Waals surface area (Å²) in [7, 11) is 0. The van der Waals surface area contributed by atoms with Crippen molar-refractivity contribution >= 4 is 5.78 Å². The molecule has 17 heavy (non-hydrogen) atoms. The van der Waals surface area contributed by atoms with Crippen LogP contribution in [-0.4, -0.2) is 31.2 Å². The van der Waals surface area contributed by atoms with E-state index in [1.807, 2.05) is 6.92 Å². The number of hydrogen-bond donors (Lipinski definition) is 0. The summed E-state index contributed by atoms with van der Waals surface area (Å²) in [5, 5.41) is 0. The number of ketones is 1. The van der Waals surface area contributed by atoms with Crippen LogP contribution < -0.4 is 0 Å². The maximum atomic E-state index is 12.5. The molecule has 0 radical (unpaired) electrons. The summed E-state index contributed by atoms with van der Waals surface area (Å²) in [5.41, 5.74) is -0.546. The molecule has 0 aromatic carbocycles. The minimum atomic E-state index is -0.546. The molecular weight excluding hydrogens is 216 g/mol. The van der Waals surface area contributed by atoms with E-state index in [-0.39, 0.29) is 5.78 Å². The van der Waals surface area contributed by atoms with Gasteiger partial charge in [-0.1, -0.05) is 26.7 Å². The summed E-state index contributed by atoms with van der Waals surface area (Å²) in [6.07, 6.45) is 4.24. The van der Waals surface area contributed by atoms with Crippen LogP contribution in [0.15, 0.2) is 0 Å². The van der Waals surface area contributed by atoms with E-state index >= 15 is 0 Å². The molecule has 1 aliphatic rings. The first-order valence-electron chi connectivity index (χ1n) is 6.93. The lowest BCUT2D eigenvalue weighted by Gasteiger charge is -2.36. The second-order valence-corrected chi connectivity index (χ2v) is 4.85. The molecule has 100 valence electrons. The Hall–Kier alpha value is -0.410. The van der Waals surface area contributed by atoms with Gasteiger partial charge in [0.25, 0.3) is 0 Å². The fraction of sp³-hybridized carbons (Fsp3) is 0.929. The average Bonchev–Trinajstić information content (AvgIpc) is 2.37. The number of carbonyl (C=O) groups excluding carboxylic acids is 1. The second-order valence-electron chi connectivity index (χ2n) is 4.85. The third-order valence-corrected chi connectivity index (χ3v) is 3.86. The molecule has 1 saturated heterocycles. The normalized spacial score (nSPS) is 19.5. The van der Waals surface area contributed by atoms with Crippen LogP contribution in [0.1, 0.15) is 52.9 Å². The van der Waals surface area contributed by atoms with Gasteiger partial charge in [-0.25, -0.2) is 0 Å². The minimum absolute atomic E-state index is 0.288. The number of Topliss-reactive ketones (excluding diaryl/α,β-unsaturated/α-hetero) is 1. The third kappa shape index (κ3) is 3.78. The van der Waals surface area contributed by atoms with Crippen molar-refractivity contribution in [2.75, 3.05) is 19.8 Å². The molecule has 1 aliphatic heterocycles. The highest BCUT2D eigenvalue weighted by molar-refractivity contribution is 5.87. The maximum absolute atomic E-state index is 12.5. The molecule has 0 N–H and O–H groups in total. The van der Waals surface area contributed by atoms with Gasteiger partial charge in [-0.15, -0.1) is 0 Å². The summed E-state index contributed by atoms with van der Waals surface area (Å²) in [4.78, 5) is 12.5. The minimum Gasteiger partial charge on any atom is -0.381 e. The van der Waals surface area contributed by atoms with Gasteiger partial charge in [-0.2, -0.15) is 0 Å². The fourth-order valence-corrected chi connectivity index (χ4v) is 2.51. The van der Waals surface area contributed by atoms with Crippen LogP contribution >= 0.6 is 0 Å². The highest BCUT2D eigenvalue weighted by Gasteiger charge is 2.40. The van der Waals surface area contributed by atoms with Gasteiger partial charge < -0.3 is 9.47 Å². The van der Waals surface area contributed by atoms with Gasteiger partial charge in [0.05, 0.1) is 0 Å². The largest absolute Gasteiger partial charge is 0.381 e. The van der Waals surface area contributed by atoms with E-state index in [0.717, 1.165) is 25.7 Å². The Balaban J connectivity index is 2.65. The van der Waals surface area contributed by atoms with Crippen LogP contribution in [0.3, 0.4) is 0 Å². The van der Waals surface area contributed by atoms with Gasteiger partial charge in [0.15, 0.2) is 5.78 Å². The standard InChI is InChI=1S/C14H26O3/c1-4-12(5-2)11-13(15)14(17-6-3)7-9-16-10-8-14/h12H,4-11H2,1-3H3. The summed E-state index contributed by atoms with van der Waals surface area (Å²) in [6.45, 7) is 8.16. The Morgan fingerprint density at radius 2 is 1.82 bits per heavy atom. The summed E-state index contributed by atoms with van der Waals surface area (Å²) >= 11 is 0. The Morgan fingerprint density at radius 3 is 2.29 bits per heavy atom. The van der Waals surface area contributed by atoms with Gasteiger partial charge in [0.2, 0.25) is 0 Å². The molecule has 0 bridgehead atoms. The van der Waals surface area contributed by atoms with Crippen LogP contribution in [0.25, 0.3) is 0 Å². The molecule has 1 rings (SSSR count). The quantitative estimate of drug-likeness (QED) is 0.688. The van der Waals surface area contributed by atoms with E-state index in [4.69, 9.17) is 9.47 Å². The van der Waals surface area contributed by atoms with Crippen LogP contribution in [-0.2, 0) is 14.3 Å². The van der Waals surface area contributed by atoms with Crippen molar-refractivity contribution in [1.82, 2.24) is 0 Å². The maximum Gasteiger partial charge on any atom is 0.165 e. The Kier molecular flexibility index (Phi) is 6.14. The smallest absolute Gasteiger partial charge is 0.165 e. The third-order valence-electron chi connectivity index (χ3n) is 3.86. The van der Waals surface area contributed by atoms with E-state index < -0.39 is 5.60 Å². The zero-order chi connectivity index (χ0) is 12.7. The topological polar surface area (TPSA) is 35.5 Å². The van der Waals surface area contributed by atoms with Crippen molar-refractivity contribution < 1.29 is 14.3 Å². The number of ether oxygens (including phenoxy) is 2. The second kappa shape index (κ2) is 7.12. The number of hydrogen-bond acceptors (Lipinski definition) is 3. The Labute approximate surface area is 105 Å². The van der Waals surface area contributed by atoms with Gasteiger partial charge >= 0.3 is 0 Å². The SMILES string of the molecule is CCOC1(C(=O)CC(CC)CC)CCOCC1. The van der Waals surface area contributed by atoms with E-state index in [0.29, 0.717) is 32.2 Å². The molecule has 0 aliphatic carbocycles. The Bertz CT molecular complexity index is 222. The monoisotopic (exact) mass is 242 g/mol. The zero-order valence-electron chi connectivity index (χ0n) is 11.5. The predicted octanol–water partition coefficient (Wildman–Crippen LogP) is 2.97. The fourth-order valence-electron chi connectivity index (χ4n) is 2.51. The van der Waals surface area contributed by atoms with Gasteiger partial charge in [0, 0.05) is 39.1 Å². The van der Waals surface area contributed by atoms with Crippen molar-refractivity contribution in [1.29, 1.82) is 0 Å². The Morgan fingerprint density at radius 1 is 1.24 bits per heavy atom. The zero-order valence-corrected chi connectivity index (χ0v) is 11.5. The molecule has 0 saturated carbocycles. The van der Waals surface area contributed by atoms with Gasteiger partial charge in [0.1, 0.15) is 5.60 Å².